The third kappa shape index (κ3) is 5.89. The van der Waals surface area contributed by atoms with E-state index in [1.165, 1.54) is 0 Å². The highest BCUT2D eigenvalue weighted by molar-refractivity contribution is 6.01. The Balaban J connectivity index is 1.42. The van der Waals surface area contributed by atoms with Crippen LogP contribution in [0.25, 0.3) is 33.6 Å². The number of methoxy groups -OCH3 is 1. The lowest BCUT2D eigenvalue weighted by atomic mass is 9.94. The summed E-state index contributed by atoms with van der Waals surface area (Å²) in [7, 11) is 1.66. The standard InChI is InChI=1S/C31H34N2O5/c1-31(2,3)38-26(34)18-36-24-13-10-20(16-24)17-25-28-27(21-11-14-23(35-4)15-12-21)29(22-8-6-5-7-9-22)37-30(28)33-19-32-25/h5-9,11-12,14-15,19-20,24H,10,13,16-18H2,1-4H3/t20-,24-/m0/s1. The van der Waals surface area contributed by atoms with E-state index >= 15 is 0 Å². The van der Waals surface area contributed by atoms with Crippen molar-refractivity contribution in [3.05, 3.63) is 66.6 Å². The molecule has 2 heterocycles. The van der Waals surface area contributed by atoms with E-state index in [0.717, 1.165) is 65.0 Å². The van der Waals surface area contributed by atoms with Gasteiger partial charge in [-0.3, -0.25) is 0 Å². The van der Waals surface area contributed by atoms with Crippen LogP contribution in [0.3, 0.4) is 0 Å². The molecule has 1 fully saturated rings. The van der Waals surface area contributed by atoms with Gasteiger partial charge in [0.15, 0.2) is 0 Å². The molecule has 0 spiro atoms. The van der Waals surface area contributed by atoms with Gasteiger partial charge in [0.25, 0.3) is 0 Å². The molecule has 1 aliphatic rings. The van der Waals surface area contributed by atoms with Crippen LogP contribution in [-0.4, -0.2) is 41.4 Å². The minimum absolute atomic E-state index is 0.0177. The highest BCUT2D eigenvalue weighted by atomic mass is 16.6. The molecule has 0 saturated heterocycles. The number of hydrogen-bond acceptors (Lipinski definition) is 7. The second-order valence-electron chi connectivity index (χ2n) is 10.8. The average Bonchev–Trinajstić information content (AvgIpc) is 3.52. The number of furan rings is 1. The van der Waals surface area contributed by atoms with Crippen molar-refractivity contribution in [2.24, 2.45) is 5.92 Å². The molecule has 7 heteroatoms. The zero-order valence-electron chi connectivity index (χ0n) is 22.4. The van der Waals surface area contributed by atoms with Crippen LogP contribution in [0.5, 0.6) is 5.75 Å². The van der Waals surface area contributed by atoms with Gasteiger partial charge in [0.1, 0.15) is 30.0 Å². The molecule has 5 rings (SSSR count). The van der Waals surface area contributed by atoms with Gasteiger partial charge in [-0.05, 0) is 70.1 Å². The van der Waals surface area contributed by atoms with Crippen molar-refractivity contribution in [3.63, 3.8) is 0 Å². The summed E-state index contributed by atoms with van der Waals surface area (Å²) in [5.41, 5.74) is 4.02. The first-order chi connectivity index (χ1) is 18.3. The van der Waals surface area contributed by atoms with E-state index in [0.29, 0.717) is 11.6 Å². The molecule has 7 nitrogen and oxygen atoms in total. The number of carbonyl (C=O) groups excluding carboxylic acids is 1. The van der Waals surface area contributed by atoms with Crippen LogP contribution in [0, 0.1) is 5.92 Å². The van der Waals surface area contributed by atoms with Gasteiger partial charge < -0.3 is 18.6 Å². The quantitative estimate of drug-likeness (QED) is 0.244. The Hall–Kier alpha value is -3.71. The molecule has 1 saturated carbocycles. The maximum atomic E-state index is 12.1. The van der Waals surface area contributed by atoms with Gasteiger partial charge in [0, 0.05) is 11.1 Å². The maximum absolute atomic E-state index is 12.1. The summed E-state index contributed by atoms with van der Waals surface area (Å²) >= 11 is 0. The van der Waals surface area contributed by atoms with Gasteiger partial charge >= 0.3 is 5.97 Å². The number of benzene rings is 2. The van der Waals surface area contributed by atoms with Crippen LogP contribution in [0.15, 0.2) is 65.3 Å². The van der Waals surface area contributed by atoms with Gasteiger partial charge in [-0.25, -0.2) is 14.8 Å². The monoisotopic (exact) mass is 514 g/mol. The molecule has 0 N–H and O–H groups in total. The summed E-state index contributed by atoms with van der Waals surface area (Å²) in [6.07, 6.45) is 5.19. The predicted octanol–water partition coefficient (Wildman–Crippen LogP) is 6.63. The Bertz CT molecular complexity index is 1390. The Labute approximate surface area is 223 Å². The van der Waals surface area contributed by atoms with E-state index in [9.17, 15) is 4.79 Å². The van der Waals surface area contributed by atoms with Crippen molar-refractivity contribution in [3.8, 4) is 28.2 Å². The fraction of sp³-hybridized carbons (Fsp3) is 0.387. The molecule has 1 aliphatic carbocycles. The maximum Gasteiger partial charge on any atom is 0.332 e. The minimum atomic E-state index is -0.512. The van der Waals surface area contributed by atoms with Crippen LogP contribution in [0.2, 0.25) is 0 Å². The average molecular weight is 515 g/mol. The highest BCUT2D eigenvalue weighted by Crippen LogP contribution is 2.42. The molecule has 198 valence electrons. The Kier molecular flexibility index (Phi) is 7.47. The summed E-state index contributed by atoms with van der Waals surface area (Å²) in [6, 6.07) is 18.1. The van der Waals surface area contributed by atoms with Crippen molar-refractivity contribution >= 4 is 17.1 Å². The van der Waals surface area contributed by atoms with E-state index in [1.807, 2.05) is 75.4 Å². The van der Waals surface area contributed by atoms with Crippen molar-refractivity contribution in [1.82, 2.24) is 9.97 Å². The SMILES string of the molecule is COc1ccc(-c2c(-c3ccccc3)oc3ncnc(C[C@H]4CC[C@H](OCC(=O)OC(C)(C)C)C4)c23)cc1. The number of hydrogen-bond donors (Lipinski definition) is 0. The van der Waals surface area contributed by atoms with Gasteiger partial charge in [0.05, 0.1) is 24.3 Å². The Morgan fingerprint density at radius 3 is 2.47 bits per heavy atom. The lowest BCUT2D eigenvalue weighted by Gasteiger charge is -2.20. The van der Waals surface area contributed by atoms with E-state index in [4.69, 9.17) is 23.6 Å². The molecule has 2 atom stereocenters. The number of esters is 1. The van der Waals surface area contributed by atoms with Crippen molar-refractivity contribution in [2.45, 2.75) is 58.2 Å². The highest BCUT2D eigenvalue weighted by Gasteiger charge is 2.29. The normalized spacial score (nSPS) is 17.6. The molecule has 2 aromatic carbocycles. The summed E-state index contributed by atoms with van der Waals surface area (Å²) in [6.45, 7) is 5.56. The summed E-state index contributed by atoms with van der Waals surface area (Å²) in [4.78, 5) is 21.3. The molecule has 0 unspecified atom stereocenters. The summed E-state index contributed by atoms with van der Waals surface area (Å²) in [5.74, 6) is 1.63. The van der Waals surface area contributed by atoms with Crippen molar-refractivity contribution < 1.29 is 23.4 Å². The molecule has 0 bridgehead atoms. The van der Waals surface area contributed by atoms with Crippen LogP contribution in [-0.2, 0) is 20.7 Å². The van der Waals surface area contributed by atoms with Crippen LogP contribution >= 0.6 is 0 Å². The fourth-order valence-electron chi connectivity index (χ4n) is 5.17. The van der Waals surface area contributed by atoms with E-state index in [-0.39, 0.29) is 18.7 Å². The Morgan fingerprint density at radius 2 is 1.76 bits per heavy atom. The largest absolute Gasteiger partial charge is 0.497 e. The first kappa shape index (κ1) is 25.9. The third-order valence-electron chi connectivity index (χ3n) is 6.81. The van der Waals surface area contributed by atoms with Crippen molar-refractivity contribution in [1.29, 1.82) is 0 Å². The van der Waals surface area contributed by atoms with Gasteiger partial charge in [0.2, 0.25) is 5.71 Å². The van der Waals surface area contributed by atoms with Gasteiger partial charge in [-0.15, -0.1) is 0 Å². The van der Waals surface area contributed by atoms with E-state index in [2.05, 4.69) is 4.98 Å². The topological polar surface area (TPSA) is 83.7 Å². The molecule has 38 heavy (non-hydrogen) atoms. The molecular formula is C31H34N2O5. The lowest BCUT2D eigenvalue weighted by molar-refractivity contribution is -0.162. The fourth-order valence-corrected chi connectivity index (χ4v) is 5.17. The predicted molar refractivity (Wildman–Crippen MR) is 146 cm³/mol. The van der Waals surface area contributed by atoms with E-state index < -0.39 is 5.60 Å². The smallest absolute Gasteiger partial charge is 0.332 e. The molecule has 2 aromatic heterocycles. The second-order valence-corrected chi connectivity index (χ2v) is 10.8. The van der Waals surface area contributed by atoms with Gasteiger partial charge in [-0.2, -0.15) is 0 Å². The molecular weight excluding hydrogens is 480 g/mol. The first-order valence-corrected chi connectivity index (χ1v) is 13.1. The summed E-state index contributed by atoms with van der Waals surface area (Å²) < 4.78 is 23.0. The number of ether oxygens (including phenoxy) is 3. The third-order valence-corrected chi connectivity index (χ3v) is 6.81. The number of fused-ring (bicyclic) bond motifs is 1. The molecule has 0 radical (unpaired) electrons. The summed E-state index contributed by atoms with van der Waals surface area (Å²) in [5, 5.41) is 0.939. The zero-order chi connectivity index (χ0) is 26.7. The number of nitrogens with zero attached hydrogens (tertiary/aromatic N) is 2. The lowest BCUT2D eigenvalue weighted by Crippen LogP contribution is -2.27. The molecule has 0 amide bonds. The second kappa shape index (κ2) is 11.0. The number of carbonyl (C=O) groups is 1. The molecule has 4 aromatic rings. The van der Waals surface area contributed by atoms with Crippen LogP contribution in [0.4, 0.5) is 0 Å². The molecule has 0 aliphatic heterocycles. The zero-order valence-corrected chi connectivity index (χ0v) is 22.4. The minimum Gasteiger partial charge on any atom is -0.497 e. The van der Waals surface area contributed by atoms with Crippen LogP contribution in [0.1, 0.15) is 45.7 Å². The van der Waals surface area contributed by atoms with Crippen molar-refractivity contribution in [2.75, 3.05) is 13.7 Å². The Morgan fingerprint density at radius 1 is 1.00 bits per heavy atom. The number of aromatic nitrogens is 2. The first-order valence-electron chi connectivity index (χ1n) is 13.1. The van der Waals surface area contributed by atoms with Crippen LogP contribution < -0.4 is 4.74 Å². The van der Waals surface area contributed by atoms with Gasteiger partial charge in [-0.1, -0.05) is 42.5 Å². The number of rotatable bonds is 8. The van der Waals surface area contributed by atoms with E-state index in [1.54, 1.807) is 13.4 Å².